The summed E-state index contributed by atoms with van der Waals surface area (Å²) < 4.78 is 5.28. The Labute approximate surface area is 99.2 Å². The van der Waals surface area contributed by atoms with Crippen LogP contribution in [-0.4, -0.2) is 18.2 Å². The normalized spacial score (nSPS) is 10.5. The van der Waals surface area contributed by atoms with Crippen LogP contribution >= 0.6 is 0 Å². The molecule has 0 bridgehead atoms. The number of nitrogens with one attached hydrogen (secondary N) is 2. The Kier molecular flexibility index (Phi) is 4.51. The van der Waals surface area contributed by atoms with Gasteiger partial charge in [0.2, 0.25) is 5.71 Å². The first-order valence-corrected chi connectivity index (χ1v) is 4.98. The number of hydrogen-bond donors (Lipinski definition) is 3. The van der Waals surface area contributed by atoms with Crippen molar-refractivity contribution in [3.63, 3.8) is 0 Å². The summed E-state index contributed by atoms with van der Waals surface area (Å²) in [5.41, 5.74) is 8.31. The highest BCUT2D eigenvalue weighted by molar-refractivity contribution is 6.45. The molecule has 0 aliphatic rings. The summed E-state index contributed by atoms with van der Waals surface area (Å²) in [6.07, 6.45) is 0. The van der Waals surface area contributed by atoms with Gasteiger partial charge in [-0.1, -0.05) is 0 Å². The minimum Gasteiger partial charge on any atom is -0.494 e. The fourth-order valence-electron chi connectivity index (χ4n) is 1.06. The Bertz CT molecular complexity index is 458. The summed E-state index contributed by atoms with van der Waals surface area (Å²) in [7, 11) is 0. The van der Waals surface area contributed by atoms with Crippen LogP contribution in [0.1, 0.15) is 6.92 Å². The average molecular weight is 231 g/mol. The van der Waals surface area contributed by atoms with Crippen LogP contribution in [0.4, 0.5) is 5.69 Å². The maximum Gasteiger partial charge on any atom is 0.201 e. The van der Waals surface area contributed by atoms with Gasteiger partial charge in [-0.2, -0.15) is 10.4 Å². The number of ether oxygens (including phenoxy) is 1. The minimum atomic E-state index is -0.370. The summed E-state index contributed by atoms with van der Waals surface area (Å²) in [6, 6.07) is 8.78. The van der Waals surface area contributed by atoms with Gasteiger partial charge in [0, 0.05) is 0 Å². The van der Waals surface area contributed by atoms with Crippen LogP contribution in [0, 0.1) is 16.7 Å². The van der Waals surface area contributed by atoms with Crippen molar-refractivity contribution in [3.8, 4) is 11.8 Å². The fraction of sp³-hybridized carbons (Fsp3) is 0.182. The zero-order valence-electron chi connectivity index (χ0n) is 9.40. The predicted molar refractivity (Wildman–Crippen MR) is 66.2 cm³/mol. The van der Waals surface area contributed by atoms with Crippen molar-refractivity contribution in [3.05, 3.63) is 24.3 Å². The van der Waals surface area contributed by atoms with Gasteiger partial charge in [-0.15, -0.1) is 0 Å². The second-order valence-electron chi connectivity index (χ2n) is 3.06. The first-order valence-electron chi connectivity index (χ1n) is 4.98. The molecule has 0 radical (unpaired) electrons. The standard InChI is InChI=1S/C11H13N5O/c1-2-17-9-5-3-8(4-6-9)15-16-10(7-12)11(13)14/h3-6,15H,2H2,1H3,(H3,13,14)/b16-10+. The highest BCUT2D eigenvalue weighted by Crippen LogP contribution is 2.15. The van der Waals surface area contributed by atoms with E-state index in [1.54, 1.807) is 30.3 Å². The number of nitrogens with two attached hydrogens (primary N) is 1. The van der Waals surface area contributed by atoms with Crippen LogP contribution in [0.2, 0.25) is 0 Å². The van der Waals surface area contributed by atoms with Gasteiger partial charge in [0.1, 0.15) is 11.8 Å². The lowest BCUT2D eigenvalue weighted by atomic mass is 10.3. The molecule has 0 saturated carbocycles. The maximum atomic E-state index is 8.63. The molecule has 0 aromatic heterocycles. The third kappa shape index (κ3) is 3.83. The Balaban J connectivity index is 2.70. The maximum absolute atomic E-state index is 8.63. The van der Waals surface area contributed by atoms with E-state index < -0.39 is 0 Å². The molecule has 0 fully saturated rings. The Morgan fingerprint density at radius 3 is 2.65 bits per heavy atom. The fourth-order valence-corrected chi connectivity index (χ4v) is 1.06. The number of hydrazone groups is 1. The van der Waals surface area contributed by atoms with E-state index in [2.05, 4.69) is 10.5 Å². The second kappa shape index (κ2) is 6.12. The van der Waals surface area contributed by atoms with Crippen molar-refractivity contribution in [2.75, 3.05) is 12.0 Å². The number of amidine groups is 1. The monoisotopic (exact) mass is 231 g/mol. The van der Waals surface area contributed by atoms with Gasteiger partial charge in [0.05, 0.1) is 12.3 Å². The molecule has 0 spiro atoms. The van der Waals surface area contributed by atoms with Crippen molar-refractivity contribution in [1.29, 1.82) is 10.7 Å². The van der Waals surface area contributed by atoms with Gasteiger partial charge in [-0.25, -0.2) is 0 Å². The Hall–Kier alpha value is -2.55. The lowest BCUT2D eigenvalue weighted by Gasteiger charge is -2.04. The molecule has 88 valence electrons. The van der Waals surface area contributed by atoms with Crippen LogP contribution in [0.25, 0.3) is 0 Å². The van der Waals surface area contributed by atoms with Crippen molar-refractivity contribution < 1.29 is 4.74 Å². The molecule has 1 aromatic rings. The topological polar surface area (TPSA) is 107 Å². The zero-order chi connectivity index (χ0) is 12.7. The van der Waals surface area contributed by atoms with E-state index in [1.807, 2.05) is 6.92 Å². The van der Waals surface area contributed by atoms with Crippen molar-refractivity contribution in [1.82, 2.24) is 0 Å². The third-order valence-corrected chi connectivity index (χ3v) is 1.82. The molecule has 1 rings (SSSR count). The SMILES string of the molecule is CCOc1ccc(N/N=C(\C#N)C(=N)N)cc1. The zero-order valence-corrected chi connectivity index (χ0v) is 9.40. The summed E-state index contributed by atoms with van der Waals surface area (Å²) in [5.74, 6) is 0.389. The summed E-state index contributed by atoms with van der Waals surface area (Å²) in [4.78, 5) is 0. The molecule has 17 heavy (non-hydrogen) atoms. The number of benzene rings is 1. The smallest absolute Gasteiger partial charge is 0.201 e. The first kappa shape index (κ1) is 12.5. The Morgan fingerprint density at radius 1 is 1.53 bits per heavy atom. The van der Waals surface area contributed by atoms with Crippen molar-refractivity contribution >= 4 is 17.2 Å². The molecule has 0 aliphatic carbocycles. The molecule has 4 N–H and O–H groups in total. The molecule has 0 unspecified atom stereocenters. The molecule has 0 amide bonds. The van der Waals surface area contributed by atoms with Crippen LogP contribution in [0.15, 0.2) is 29.4 Å². The number of anilines is 1. The van der Waals surface area contributed by atoms with Gasteiger partial charge >= 0.3 is 0 Å². The predicted octanol–water partition coefficient (Wildman–Crippen LogP) is 1.31. The molecule has 0 atom stereocenters. The van der Waals surface area contributed by atoms with Gasteiger partial charge in [0.15, 0.2) is 5.84 Å². The second-order valence-corrected chi connectivity index (χ2v) is 3.06. The highest BCUT2D eigenvalue weighted by atomic mass is 16.5. The van der Waals surface area contributed by atoms with Crippen molar-refractivity contribution in [2.24, 2.45) is 10.8 Å². The van der Waals surface area contributed by atoms with Gasteiger partial charge in [0.25, 0.3) is 0 Å². The lowest BCUT2D eigenvalue weighted by molar-refractivity contribution is 0.340. The van der Waals surface area contributed by atoms with Crippen molar-refractivity contribution in [2.45, 2.75) is 6.92 Å². The number of nitrogens with zero attached hydrogens (tertiary/aromatic N) is 2. The summed E-state index contributed by atoms with van der Waals surface area (Å²) in [5, 5.41) is 19.4. The molecule has 6 nitrogen and oxygen atoms in total. The molecular formula is C11H13N5O. The minimum absolute atomic E-state index is 0.154. The summed E-state index contributed by atoms with van der Waals surface area (Å²) in [6.45, 7) is 2.51. The lowest BCUT2D eigenvalue weighted by Crippen LogP contribution is -2.21. The van der Waals surface area contributed by atoms with Crippen LogP contribution in [-0.2, 0) is 0 Å². The first-order chi connectivity index (χ1) is 8.17. The number of rotatable bonds is 5. The molecule has 1 aromatic carbocycles. The number of nitriles is 1. The molecular weight excluding hydrogens is 218 g/mol. The van der Waals surface area contributed by atoms with Crippen LogP contribution < -0.4 is 15.9 Å². The number of hydrogen-bond acceptors (Lipinski definition) is 5. The molecule has 0 heterocycles. The van der Waals surface area contributed by atoms with Gasteiger partial charge in [-0.3, -0.25) is 10.8 Å². The van der Waals surface area contributed by atoms with Gasteiger partial charge in [-0.05, 0) is 31.2 Å². The molecule has 0 saturated heterocycles. The van der Waals surface area contributed by atoms with E-state index in [1.165, 1.54) is 0 Å². The largest absolute Gasteiger partial charge is 0.494 e. The van der Waals surface area contributed by atoms with E-state index in [0.717, 1.165) is 5.75 Å². The Morgan fingerprint density at radius 2 is 2.18 bits per heavy atom. The molecule has 6 heteroatoms. The van der Waals surface area contributed by atoms with E-state index in [-0.39, 0.29) is 11.5 Å². The van der Waals surface area contributed by atoms with E-state index >= 15 is 0 Å². The average Bonchev–Trinajstić information content (AvgIpc) is 2.32. The van der Waals surface area contributed by atoms with E-state index in [9.17, 15) is 0 Å². The summed E-state index contributed by atoms with van der Waals surface area (Å²) >= 11 is 0. The quantitative estimate of drug-likeness (QED) is 0.403. The van der Waals surface area contributed by atoms with Crippen LogP contribution in [0.5, 0.6) is 5.75 Å². The van der Waals surface area contributed by atoms with Crippen LogP contribution in [0.3, 0.4) is 0 Å². The van der Waals surface area contributed by atoms with Gasteiger partial charge < -0.3 is 10.5 Å². The third-order valence-electron chi connectivity index (χ3n) is 1.82. The highest BCUT2D eigenvalue weighted by Gasteiger charge is 2.00. The van der Waals surface area contributed by atoms with E-state index in [0.29, 0.717) is 12.3 Å². The van der Waals surface area contributed by atoms with E-state index in [4.69, 9.17) is 21.1 Å². The molecule has 0 aliphatic heterocycles.